The molecule has 1 saturated heterocycles. The van der Waals surface area contributed by atoms with Gasteiger partial charge < -0.3 is 9.50 Å². The number of likely N-dealkylation sites (tertiary alicyclic amines) is 1. The van der Waals surface area contributed by atoms with Gasteiger partial charge in [-0.1, -0.05) is 29.0 Å². The summed E-state index contributed by atoms with van der Waals surface area (Å²) in [7, 11) is -1.86. The van der Waals surface area contributed by atoms with Gasteiger partial charge >= 0.3 is 16.4 Å². The summed E-state index contributed by atoms with van der Waals surface area (Å²) in [6.45, 7) is 2.31. The first kappa shape index (κ1) is 29.6. The smallest absolute Gasteiger partial charge is 0.352 e. The Kier molecular flexibility index (Phi) is 10.7. The lowest BCUT2D eigenvalue weighted by Gasteiger charge is -2.23. The van der Waals surface area contributed by atoms with Gasteiger partial charge in [-0.15, -0.1) is 0 Å². The van der Waals surface area contributed by atoms with Gasteiger partial charge in [0.2, 0.25) is 11.8 Å². The van der Waals surface area contributed by atoms with Crippen molar-refractivity contribution in [2.24, 2.45) is 0 Å². The molecule has 0 radical (unpaired) electrons. The second-order valence-corrected chi connectivity index (χ2v) is 12.0. The number of aromatic nitrogens is 1. The van der Waals surface area contributed by atoms with E-state index in [-0.39, 0.29) is 43.4 Å². The number of nitrogens with one attached hydrogen (secondary N) is 1. The molecule has 2 N–H and O–H groups in total. The van der Waals surface area contributed by atoms with Crippen LogP contribution in [0.25, 0.3) is 0 Å². The van der Waals surface area contributed by atoms with Crippen LogP contribution in [0.4, 0.5) is 0 Å². The molecule has 3 amide bonds. The molecular formula is C24H27N3O8S3. The van der Waals surface area contributed by atoms with E-state index in [1.807, 2.05) is 30.3 Å². The Hall–Kier alpha value is -2.94. The predicted octanol–water partition coefficient (Wildman–Crippen LogP) is 3.35. The third-order valence-corrected chi connectivity index (χ3v) is 8.72. The van der Waals surface area contributed by atoms with Gasteiger partial charge in [0.25, 0.3) is 5.91 Å². The molecule has 38 heavy (non-hydrogen) atoms. The van der Waals surface area contributed by atoms with E-state index in [4.69, 9.17) is 4.55 Å². The van der Waals surface area contributed by atoms with E-state index in [2.05, 4.69) is 21.4 Å². The predicted molar refractivity (Wildman–Crippen MR) is 141 cm³/mol. The molecule has 0 aliphatic carbocycles. The summed E-state index contributed by atoms with van der Waals surface area (Å²) in [5, 5.41) is 3.86. The van der Waals surface area contributed by atoms with Crippen LogP contribution in [0.15, 0.2) is 53.7 Å². The molecule has 1 aromatic heterocycles. The number of hydrogen-bond donors (Lipinski definition) is 2. The van der Waals surface area contributed by atoms with Gasteiger partial charge in [-0.05, 0) is 66.8 Å². The maximum Gasteiger partial charge on any atom is 0.449 e. The van der Waals surface area contributed by atoms with Crippen molar-refractivity contribution in [3.05, 3.63) is 59.8 Å². The Morgan fingerprint density at radius 2 is 1.79 bits per heavy atom. The van der Waals surface area contributed by atoms with Crippen LogP contribution in [0.1, 0.15) is 60.2 Å². The van der Waals surface area contributed by atoms with Crippen molar-refractivity contribution in [1.29, 1.82) is 0 Å². The Bertz CT molecular complexity index is 1240. The van der Waals surface area contributed by atoms with Gasteiger partial charge in [0.1, 0.15) is 11.1 Å². The molecule has 204 valence electrons. The zero-order valence-electron chi connectivity index (χ0n) is 20.4. The van der Waals surface area contributed by atoms with Crippen molar-refractivity contribution >= 4 is 55.7 Å². The molecule has 11 nitrogen and oxygen atoms in total. The fourth-order valence-electron chi connectivity index (χ4n) is 3.70. The highest BCUT2D eigenvalue weighted by Gasteiger charge is 2.40. The van der Waals surface area contributed by atoms with Crippen molar-refractivity contribution in [3.63, 3.8) is 0 Å². The summed E-state index contributed by atoms with van der Waals surface area (Å²) in [4.78, 5) is 53.7. The van der Waals surface area contributed by atoms with E-state index < -0.39 is 34.2 Å². The molecule has 2 aromatic rings. The van der Waals surface area contributed by atoms with E-state index in [0.717, 1.165) is 10.6 Å². The molecule has 0 spiro atoms. The van der Waals surface area contributed by atoms with E-state index >= 15 is 0 Å². The Labute approximate surface area is 228 Å². The quantitative estimate of drug-likeness (QED) is 0.154. The molecule has 1 aliphatic rings. The number of imide groups is 1. The van der Waals surface area contributed by atoms with Crippen molar-refractivity contribution < 1.29 is 36.3 Å². The molecule has 2 atom stereocenters. The number of pyridine rings is 1. The summed E-state index contributed by atoms with van der Waals surface area (Å²) < 4.78 is 34.7. The topological polar surface area (TPSA) is 160 Å². The number of rotatable bonds is 13. The van der Waals surface area contributed by atoms with Crippen LogP contribution >= 0.6 is 21.6 Å². The molecule has 1 aromatic carbocycles. The van der Waals surface area contributed by atoms with Gasteiger partial charge in [0.15, 0.2) is 0 Å². The highest BCUT2D eigenvalue weighted by Crippen LogP contribution is 2.41. The average molecular weight is 582 g/mol. The van der Waals surface area contributed by atoms with E-state index in [9.17, 15) is 27.6 Å². The second-order valence-electron chi connectivity index (χ2n) is 8.37. The maximum absolute atomic E-state index is 12.5. The van der Waals surface area contributed by atoms with Gasteiger partial charge in [-0.3, -0.25) is 23.8 Å². The Balaban J connectivity index is 1.46. The highest BCUT2D eigenvalue weighted by atomic mass is 33.1. The molecule has 14 heteroatoms. The summed E-state index contributed by atoms with van der Waals surface area (Å²) in [5.41, 5.74) is 1.54. The molecule has 2 unspecified atom stereocenters. The average Bonchev–Trinajstić information content (AvgIpc) is 3.21. The van der Waals surface area contributed by atoms with Gasteiger partial charge in [0, 0.05) is 36.4 Å². The number of nitrogens with zero attached hydrogens (tertiary/aromatic N) is 2. The van der Waals surface area contributed by atoms with Gasteiger partial charge in [-0.2, -0.15) is 8.42 Å². The van der Waals surface area contributed by atoms with Crippen LogP contribution in [0, 0.1) is 0 Å². The van der Waals surface area contributed by atoms with Crippen molar-refractivity contribution in [2.45, 2.75) is 55.3 Å². The second kappa shape index (κ2) is 13.7. The monoisotopic (exact) mass is 581 g/mol. The Morgan fingerprint density at radius 3 is 2.39 bits per heavy atom. The van der Waals surface area contributed by atoms with Crippen LogP contribution < -0.4 is 5.32 Å². The fraction of sp³-hybridized carbons (Fsp3) is 0.375. The first-order valence-corrected chi connectivity index (χ1v) is 15.3. The number of amides is 3. The number of unbranched alkanes of at least 4 members (excludes halogenated alkanes) is 1. The summed E-state index contributed by atoms with van der Waals surface area (Å²) in [6, 6.07) is 11.5. The fourth-order valence-corrected chi connectivity index (χ4v) is 6.12. The first-order chi connectivity index (χ1) is 18.0. The number of carbonyl (C=O) groups is 4. The molecular weight excluding hydrogens is 554 g/mol. The van der Waals surface area contributed by atoms with Crippen LogP contribution in [-0.2, 0) is 29.0 Å². The lowest BCUT2D eigenvalue weighted by Crippen LogP contribution is -2.45. The zero-order chi connectivity index (χ0) is 27.7. The van der Waals surface area contributed by atoms with Crippen LogP contribution in [0.5, 0.6) is 0 Å². The molecule has 3 rings (SSSR count). The molecule has 0 bridgehead atoms. The summed E-state index contributed by atoms with van der Waals surface area (Å²) in [5.74, 6) is -2.93. The van der Waals surface area contributed by atoms with E-state index in [1.165, 1.54) is 0 Å². The summed E-state index contributed by atoms with van der Waals surface area (Å²) in [6.07, 6.45) is 2.13. The van der Waals surface area contributed by atoms with Crippen molar-refractivity contribution in [2.75, 3.05) is 6.54 Å². The molecule has 0 saturated carbocycles. The van der Waals surface area contributed by atoms with Gasteiger partial charge in [0.05, 0.1) is 0 Å². The van der Waals surface area contributed by atoms with Crippen molar-refractivity contribution in [3.8, 4) is 0 Å². The van der Waals surface area contributed by atoms with E-state index in [1.54, 1.807) is 39.9 Å². The molecule has 1 aliphatic heterocycles. The number of carbonyl (C=O) groups excluding carboxylic acids is 4. The number of benzene rings is 1. The highest BCUT2D eigenvalue weighted by molar-refractivity contribution is 8.76. The normalized spacial score (nSPS) is 15.3. The largest absolute Gasteiger partial charge is 0.449 e. The Morgan fingerprint density at radius 1 is 1.11 bits per heavy atom. The lowest BCUT2D eigenvalue weighted by molar-refractivity contribution is -0.153. The van der Waals surface area contributed by atoms with Gasteiger partial charge in [-0.25, -0.2) is 9.78 Å². The molecule has 2 heterocycles. The zero-order valence-corrected chi connectivity index (χ0v) is 22.9. The minimum Gasteiger partial charge on any atom is -0.352 e. The van der Waals surface area contributed by atoms with Crippen LogP contribution in [0.2, 0.25) is 0 Å². The summed E-state index contributed by atoms with van der Waals surface area (Å²) >= 11 is 0. The standard InChI is InChI=1S/C24H27N3O8S3/c1-16(36-37-20-7-3-5-14-25-20)17-8-10-18(11-9-17)23(30)26-15-4-2-6-19(24(31)35-38(32,33)34)27-21(28)12-13-22(27)29/h3,5,7-11,14,16,19H,2,4,6,12-13,15H2,1H3,(H,26,30)(H,32,33,34). The van der Waals surface area contributed by atoms with Crippen LogP contribution in [-0.4, -0.2) is 59.1 Å². The first-order valence-electron chi connectivity index (χ1n) is 11.7. The number of hydrogen-bond acceptors (Lipinski definition) is 10. The third kappa shape index (κ3) is 8.82. The van der Waals surface area contributed by atoms with Crippen LogP contribution in [0.3, 0.4) is 0 Å². The maximum atomic E-state index is 12.5. The third-order valence-electron chi connectivity index (χ3n) is 5.61. The minimum atomic E-state index is -5.10. The van der Waals surface area contributed by atoms with E-state index in [0.29, 0.717) is 16.9 Å². The molecule has 1 fully saturated rings. The minimum absolute atomic E-state index is 0.0809. The lowest BCUT2D eigenvalue weighted by atomic mass is 10.1. The van der Waals surface area contributed by atoms with Crippen molar-refractivity contribution in [1.82, 2.24) is 15.2 Å². The SMILES string of the molecule is CC(SSc1ccccn1)c1ccc(C(=O)NCCCCC(C(=O)OS(=O)(=O)O)N2C(=O)CCC2=O)cc1.